The lowest BCUT2D eigenvalue weighted by molar-refractivity contribution is -0.134. The van der Waals surface area contributed by atoms with Crippen molar-refractivity contribution in [3.05, 3.63) is 65.5 Å². The average Bonchev–Trinajstić information content (AvgIpc) is 3.07. The Labute approximate surface area is 197 Å². The van der Waals surface area contributed by atoms with Crippen molar-refractivity contribution in [1.29, 1.82) is 0 Å². The first-order chi connectivity index (χ1) is 16.3. The Hall–Kier alpha value is -3.75. The molecule has 0 aliphatic carbocycles. The summed E-state index contributed by atoms with van der Waals surface area (Å²) in [7, 11) is 0. The quantitative estimate of drug-likeness (QED) is 0.405. The highest BCUT2D eigenvalue weighted by Crippen LogP contribution is 2.34. The molecule has 1 fully saturated rings. The van der Waals surface area contributed by atoms with Crippen molar-refractivity contribution in [3.8, 4) is 0 Å². The second-order valence-corrected chi connectivity index (χ2v) is 8.10. The van der Waals surface area contributed by atoms with Crippen molar-refractivity contribution in [2.24, 2.45) is 0 Å². The molecule has 0 saturated carbocycles. The van der Waals surface area contributed by atoms with Crippen LogP contribution in [0.15, 0.2) is 48.5 Å². The van der Waals surface area contributed by atoms with E-state index >= 15 is 0 Å². The van der Waals surface area contributed by atoms with Crippen LogP contribution in [0.3, 0.4) is 0 Å². The molecular weight excluding hydrogens is 441 g/mol. The molecule has 2 aromatic rings. The number of urea groups is 1. The van der Waals surface area contributed by atoms with E-state index in [0.717, 1.165) is 11.3 Å². The van der Waals surface area contributed by atoms with Crippen molar-refractivity contribution in [2.75, 3.05) is 18.5 Å². The Kier molecular flexibility index (Phi) is 7.99. The molecule has 2 aromatic carbocycles. The topological polar surface area (TPSA) is 105 Å². The third-order valence-electron chi connectivity index (χ3n) is 5.56. The van der Waals surface area contributed by atoms with Gasteiger partial charge in [-0.1, -0.05) is 38.8 Å². The first-order valence-corrected chi connectivity index (χ1v) is 11.3. The number of esters is 1. The molecular formula is C25H28FN3O5. The number of rotatable bonds is 10. The fourth-order valence-corrected chi connectivity index (χ4v) is 3.77. The number of imide groups is 1. The Balaban J connectivity index is 1.70. The van der Waals surface area contributed by atoms with Crippen LogP contribution < -0.4 is 10.6 Å². The smallest absolute Gasteiger partial charge is 0.338 e. The molecule has 9 heteroatoms. The van der Waals surface area contributed by atoms with E-state index in [1.807, 2.05) is 13.8 Å². The second-order valence-electron chi connectivity index (χ2n) is 8.10. The molecule has 34 heavy (non-hydrogen) atoms. The van der Waals surface area contributed by atoms with Gasteiger partial charge in [-0.2, -0.15) is 0 Å². The number of ether oxygens (including phenoxy) is 1. The van der Waals surface area contributed by atoms with Gasteiger partial charge in [0.15, 0.2) is 0 Å². The van der Waals surface area contributed by atoms with Crippen molar-refractivity contribution in [2.45, 2.75) is 45.1 Å². The van der Waals surface area contributed by atoms with E-state index < -0.39 is 41.7 Å². The fraction of sp³-hybridized carbons (Fsp3) is 0.360. The lowest BCUT2D eigenvalue weighted by Crippen LogP contribution is -2.44. The molecule has 4 amide bonds. The Morgan fingerprint density at radius 1 is 1.03 bits per heavy atom. The largest absolute Gasteiger partial charge is 0.462 e. The zero-order valence-corrected chi connectivity index (χ0v) is 19.2. The molecule has 1 heterocycles. The van der Waals surface area contributed by atoms with Gasteiger partial charge in [-0.3, -0.25) is 14.5 Å². The third kappa shape index (κ3) is 5.41. The van der Waals surface area contributed by atoms with Crippen LogP contribution in [0, 0.1) is 5.82 Å². The number of unbranched alkanes of at least 4 members (excludes halogenated alkanes) is 1. The van der Waals surface area contributed by atoms with Gasteiger partial charge in [0, 0.05) is 5.69 Å². The molecule has 1 unspecified atom stereocenters. The molecule has 8 nitrogen and oxygen atoms in total. The van der Waals surface area contributed by atoms with Crippen molar-refractivity contribution >= 4 is 29.5 Å². The van der Waals surface area contributed by atoms with Gasteiger partial charge in [-0.05, 0) is 54.8 Å². The highest BCUT2D eigenvalue weighted by atomic mass is 19.1. The highest BCUT2D eigenvalue weighted by Gasteiger charge is 2.52. The molecule has 1 aliphatic rings. The predicted molar refractivity (Wildman–Crippen MR) is 123 cm³/mol. The van der Waals surface area contributed by atoms with Crippen LogP contribution in [0.4, 0.5) is 14.9 Å². The Bertz CT molecular complexity index is 1060. The number of nitrogens with zero attached hydrogens (tertiary/aromatic N) is 1. The lowest BCUT2D eigenvalue weighted by Gasteiger charge is -2.27. The Morgan fingerprint density at radius 3 is 2.32 bits per heavy atom. The van der Waals surface area contributed by atoms with E-state index in [2.05, 4.69) is 10.6 Å². The summed E-state index contributed by atoms with van der Waals surface area (Å²) >= 11 is 0. The zero-order chi connectivity index (χ0) is 24.7. The maximum atomic E-state index is 13.4. The van der Waals surface area contributed by atoms with E-state index in [4.69, 9.17) is 4.74 Å². The summed E-state index contributed by atoms with van der Waals surface area (Å²) in [6.45, 7) is 3.69. The van der Waals surface area contributed by atoms with Gasteiger partial charge in [-0.15, -0.1) is 0 Å². The molecule has 180 valence electrons. The van der Waals surface area contributed by atoms with Crippen LogP contribution in [0.5, 0.6) is 0 Å². The summed E-state index contributed by atoms with van der Waals surface area (Å²) in [5, 5.41) is 5.35. The summed E-state index contributed by atoms with van der Waals surface area (Å²) in [6, 6.07) is 10.8. The Morgan fingerprint density at radius 2 is 1.71 bits per heavy atom. The molecule has 1 atom stereocenters. The predicted octanol–water partition coefficient (Wildman–Crippen LogP) is 3.97. The summed E-state index contributed by atoms with van der Waals surface area (Å²) in [5.41, 5.74) is -0.128. The van der Waals surface area contributed by atoms with Crippen molar-refractivity contribution < 1.29 is 28.3 Å². The summed E-state index contributed by atoms with van der Waals surface area (Å²) in [6.07, 6.45) is 2.47. The standard InChI is InChI=1S/C25H28FN3O5/c1-3-5-14-25(18-8-10-19(26)11-9-18)23(32)29(24(33)28-25)16-21(30)27-20-12-6-17(7-13-20)22(31)34-15-4-2/h6-13H,3-5,14-16H2,1-2H3,(H,27,30)(H,28,33). The van der Waals surface area contributed by atoms with E-state index in [-0.39, 0.29) is 0 Å². The summed E-state index contributed by atoms with van der Waals surface area (Å²) in [5.74, 6) is -2.03. The number of hydrogen-bond acceptors (Lipinski definition) is 5. The lowest BCUT2D eigenvalue weighted by atomic mass is 9.85. The van der Waals surface area contributed by atoms with Crippen LogP contribution in [0.1, 0.15) is 55.5 Å². The number of carbonyl (C=O) groups excluding carboxylic acids is 4. The van der Waals surface area contributed by atoms with Crippen molar-refractivity contribution in [3.63, 3.8) is 0 Å². The van der Waals surface area contributed by atoms with Gasteiger partial charge in [0.25, 0.3) is 5.91 Å². The number of benzene rings is 2. The second kappa shape index (κ2) is 10.9. The first-order valence-electron chi connectivity index (χ1n) is 11.3. The monoisotopic (exact) mass is 469 g/mol. The van der Waals surface area contributed by atoms with Crippen LogP contribution in [0.2, 0.25) is 0 Å². The fourth-order valence-electron chi connectivity index (χ4n) is 3.77. The number of anilines is 1. The van der Waals surface area contributed by atoms with Crippen LogP contribution in [-0.4, -0.2) is 41.9 Å². The number of amides is 4. The van der Waals surface area contributed by atoms with Crippen molar-refractivity contribution in [1.82, 2.24) is 10.2 Å². The van der Waals surface area contributed by atoms with Gasteiger partial charge >= 0.3 is 12.0 Å². The highest BCUT2D eigenvalue weighted by molar-refractivity contribution is 6.10. The third-order valence-corrected chi connectivity index (χ3v) is 5.56. The molecule has 0 aromatic heterocycles. The van der Waals surface area contributed by atoms with Crippen LogP contribution >= 0.6 is 0 Å². The van der Waals surface area contributed by atoms with Crippen LogP contribution in [-0.2, 0) is 19.9 Å². The zero-order valence-electron chi connectivity index (χ0n) is 19.2. The normalized spacial score (nSPS) is 17.4. The number of carbonyl (C=O) groups is 4. The summed E-state index contributed by atoms with van der Waals surface area (Å²) in [4.78, 5) is 51.4. The number of nitrogens with one attached hydrogen (secondary N) is 2. The maximum Gasteiger partial charge on any atom is 0.338 e. The van der Waals surface area contributed by atoms with E-state index in [9.17, 15) is 23.6 Å². The van der Waals surface area contributed by atoms with Gasteiger partial charge in [0.2, 0.25) is 5.91 Å². The molecule has 3 rings (SSSR count). The van der Waals surface area contributed by atoms with Gasteiger partial charge in [0.05, 0.1) is 12.2 Å². The minimum absolute atomic E-state index is 0.320. The van der Waals surface area contributed by atoms with Gasteiger partial charge < -0.3 is 15.4 Å². The van der Waals surface area contributed by atoms with E-state index in [1.54, 1.807) is 0 Å². The molecule has 2 N–H and O–H groups in total. The average molecular weight is 470 g/mol. The number of halogens is 1. The molecule has 0 radical (unpaired) electrons. The molecule has 1 saturated heterocycles. The SMILES string of the molecule is CCCCC1(c2ccc(F)cc2)NC(=O)N(CC(=O)Nc2ccc(C(=O)OCCC)cc2)C1=O. The first kappa shape index (κ1) is 24.9. The van der Waals surface area contributed by atoms with Crippen LogP contribution in [0.25, 0.3) is 0 Å². The summed E-state index contributed by atoms with van der Waals surface area (Å²) < 4.78 is 18.5. The van der Waals surface area contributed by atoms with Gasteiger partial charge in [-0.25, -0.2) is 14.0 Å². The maximum absolute atomic E-state index is 13.4. The van der Waals surface area contributed by atoms with E-state index in [1.165, 1.54) is 48.5 Å². The molecule has 1 aliphatic heterocycles. The van der Waals surface area contributed by atoms with E-state index in [0.29, 0.717) is 42.7 Å². The molecule has 0 bridgehead atoms. The minimum Gasteiger partial charge on any atom is -0.462 e. The minimum atomic E-state index is -1.35. The number of hydrogen-bond donors (Lipinski definition) is 2. The molecule has 0 spiro atoms. The van der Waals surface area contributed by atoms with Gasteiger partial charge in [0.1, 0.15) is 17.9 Å².